The van der Waals surface area contributed by atoms with E-state index >= 15 is 0 Å². The summed E-state index contributed by atoms with van der Waals surface area (Å²) in [5.41, 5.74) is 2.35. The Kier molecular flexibility index (Phi) is 6.48. The molecule has 2 rings (SSSR count). The van der Waals surface area contributed by atoms with Crippen LogP contribution in [0, 0.1) is 0 Å². The van der Waals surface area contributed by atoms with Crippen LogP contribution in [0.15, 0.2) is 59.6 Å². The normalized spacial score (nSPS) is 11.4. The molecule has 2 aromatic carbocycles. The van der Waals surface area contributed by atoms with Gasteiger partial charge in [-0.1, -0.05) is 42.5 Å². The maximum Gasteiger partial charge on any atom is 0.191 e. The van der Waals surface area contributed by atoms with E-state index in [0.29, 0.717) is 12.6 Å². The molecule has 0 saturated heterocycles. The van der Waals surface area contributed by atoms with Gasteiger partial charge in [0.25, 0.3) is 0 Å². The fraction of sp³-hybridized carbons (Fsp3) is 0.316. The molecule has 2 aromatic rings. The van der Waals surface area contributed by atoms with E-state index in [1.807, 2.05) is 30.3 Å². The molecule has 2 N–H and O–H groups in total. The van der Waals surface area contributed by atoms with Gasteiger partial charge in [-0.3, -0.25) is 4.99 Å². The highest BCUT2D eigenvalue weighted by Crippen LogP contribution is 2.12. The molecule has 0 fully saturated rings. The Balaban J connectivity index is 1.89. The number of guanidine groups is 1. The van der Waals surface area contributed by atoms with Crippen LogP contribution >= 0.6 is 0 Å². The van der Waals surface area contributed by atoms with Crippen molar-refractivity contribution in [3.63, 3.8) is 0 Å². The zero-order valence-corrected chi connectivity index (χ0v) is 14.0. The van der Waals surface area contributed by atoms with Gasteiger partial charge in [-0.25, -0.2) is 0 Å². The van der Waals surface area contributed by atoms with Crippen molar-refractivity contribution in [2.45, 2.75) is 33.0 Å². The quantitative estimate of drug-likeness (QED) is 0.635. The lowest BCUT2D eigenvalue weighted by atomic mass is 10.1. The summed E-state index contributed by atoms with van der Waals surface area (Å²) < 4.78 is 5.79. The molecule has 0 aliphatic heterocycles. The SMILES string of the molecule is CN=C(NCc1cccc(COc2ccccc2)c1)NC(C)C. The molecule has 0 unspecified atom stereocenters. The number of nitrogens with one attached hydrogen (secondary N) is 2. The van der Waals surface area contributed by atoms with E-state index in [9.17, 15) is 0 Å². The van der Waals surface area contributed by atoms with E-state index in [1.54, 1.807) is 7.05 Å². The topological polar surface area (TPSA) is 45.7 Å². The molecule has 0 aliphatic carbocycles. The Hall–Kier alpha value is -2.49. The Morgan fingerprint density at radius 2 is 1.78 bits per heavy atom. The smallest absolute Gasteiger partial charge is 0.191 e. The van der Waals surface area contributed by atoms with E-state index in [1.165, 1.54) is 5.56 Å². The summed E-state index contributed by atoms with van der Waals surface area (Å²) in [6, 6.07) is 18.6. The third-order valence-electron chi connectivity index (χ3n) is 3.25. The van der Waals surface area contributed by atoms with E-state index in [-0.39, 0.29) is 0 Å². The first-order chi connectivity index (χ1) is 11.2. The summed E-state index contributed by atoms with van der Waals surface area (Å²) in [6.45, 7) is 5.48. The van der Waals surface area contributed by atoms with E-state index in [2.05, 4.69) is 53.7 Å². The molecule has 0 bridgehead atoms. The number of aliphatic imine (C=N–C) groups is 1. The predicted molar refractivity (Wildman–Crippen MR) is 95.7 cm³/mol. The molecule has 0 aromatic heterocycles. The standard InChI is InChI=1S/C19H25N3O/c1-15(2)22-19(20-3)21-13-16-8-7-9-17(12-16)14-23-18-10-5-4-6-11-18/h4-12,15H,13-14H2,1-3H3,(H2,20,21,22). The number of rotatable bonds is 6. The maximum atomic E-state index is 5.79. The van der Waals surface area contributed by atoms with Gasteiger partial charge in [-0.15, -0.1) is 0 Å². The van der Waals surface area contributed by atoms with Crippen LogP contribution in [0.5, 0.6) is 5.75 Å². The van der Waals surface area contributed by atoms with Crippen molar-refractivity contribution in [2.75, 3.05) is 7.05 Å². The largest absolute Gasteiger partial charge is 0.489 e. The minimum atomic E-state index is 0.354. The van der Waals surface area contributed by atoms with Gasteiger partial charge in [0.05, 0.1) is 0 Å². The third kappa shape index (κ3) is 6.02. The molecule has 0 aliphatic rings. The van der Waals surface area contributed by atoms with Gasteiger partial charge >= 0.3 is 0 Å². The summed E-state index contributed by atoms with van der Waals surface area (Å²) in [4.78, 5) is 4.21. The molecule has 4 heteroatoms. The molecule has 0 amide bonds. The summed E-state index contributed by atoms with van der Waals surface area (Å²) in [7, 11) is 1.78. The minimum absolute atomic E-state index is 0.354. The van der Waals surface area contributed by atoms with Crippen molar-refractivity contribution >= 4 is 5.96 Å². The van der Waals surface area contributed by atoms with Crippen LogP contribution in [-0.4, -0.2) is 19.0 Å². The highest BCUT2D eigenvalue weighted by Gasteiger charge is 2.02. The van der Waals surface area contributed by atoms with Gasteiger partial charge in [-0.2, -0.15) is 0 Å². The number of hydrogen-bond donors (Lipinski definition) is 2. The van der Waals surface area contributed by atoms with Crippen LogP contribution in [0.1, 0.15) is 25.0 Å². The van der Waals surface area contributed by atoms with Crippen molar-refractivity contribution in [3.8, 4) is 5.75 Å². The van der Waals surface area contributed by atoms with Crippen molar-refractivity contribution in [3.05, 3.63) is 65.7 Å². The molecular formula is C19H25N3O. The lowest BCUT2D eigenvalue weighted by molar-refractivity contribution is 0.306. The molecule has 122 valence electrons. The molecular weight excluding hydrogens is 286 g/mol. The van der Waals surface area contributed by atoms with E-state index < -0.39 is 0 Å². The minimum Gasteiger partial charge on any atom is -0.489 e. The molecule has 4 nitrogen and oxygen atoms in total. The van der Waals surface area contributed by atoms with Crippen LogP contribution in [0.25, 0.3) is 0 Å². The van der Waals surface area contributed by atoms with Gasteiger partial charge in [0.1, 0.15) is 12.4 Å². The Labute approximate surface area is 138 Å². The summed E-state index contributed by atoms with van der Waals surface area (Å²) in [6.07, 6.45) is 0. The van der Waals surface area contributed by atoms with Crippen molar-refractivity contribution < 1.29 is 4.74 Å². The first kappa shape index (κ1) is 16.9. The third-order valence-corrected chi connectivity index (χ3v) is 3.25. The Morgan fingerprint density at radius 1 is 1.04 bits per heavy atom. The Bertz CT molecular complexity index is 624. The van der Waals surface area contributed by atoms with Crippen LogP contribution in [-0.2, 0) is 13.2 Å². The molecule has 0 atom stereocenters. The van der Waals surface area contributed by atoms with Crippen LogP contribution < -0.4 is 15.4 Å². The van der Waals surface area contributed by atoms with Gasteiger partial charge in [0.15, 0.2) is 5.96 Å². The van der Waals surface area contributed by atoms with Gasteiger partial charge in [0, 0.05) is 19.6 Å². The van der Waals surface area contributed by atoms with Crippen molar-refractivity contribution in [2.24, 2.45) is 4.99 Å². The van der Waals surface area contributed by atoms with Gasteiger partial charge in [-0.05, 0) is 37.1 Å². The predicted octanol–water partition coefficient (Wildman–Crippen LogP) is 3.34. The molecule has 0 spiro atoms. The maximum absolute atomic E-state index is 5.79. The number of nitrogens with zero attached hydrogens (tertiary/aromatic N) is 1. The van der Waals surface area contributed by atoms with Crippen molar-refractivity contribution in [1.82, 2.24) is 10.6 Å². The van der Waals surface area contributed by atoms with Gasteiger partial charge < -0.3 is 15.4 Å². The zero-order chi connectivity index (χ0) is 16.5. The molecule has 0 heterocycles. The lowest BCUT2D eigenvalue weighted by Crippen LogP contribution is -2.40. The second kappa shape index (κ2) is 8.83. The molecule has 0 radical (unpaired) electrons. The average molecular weight is 311 g/mol. The van der Waals surface area contributed by atoms with Crippen LogP contribution in [0.3, 0.4) is 0 Å². The summed E-state index contributed by atoms with van der Waals surface area (Å²) in [5, 5.41) is 6.59. The summed E-state index contributed by atoms with van der Waals surface area (Å²) >= 11 is 0. The number of para-hydroxylation sites is 1. The van der Waals surface area contributed by atoms with E-state index in [0.717, 1.165) is 23.8 Å². The molecule has 0 saturated carbocycles. The van der Waals surface area contributed by atoms with Gasteiger partial charge in [0.2, 0.25) is 0 Å². The van der Waals surface area contributed by atoms with Crippen molar-refractivity contribution in [1.29, 1.82) is 0 Å². The Morgan fingerprint density at radius 3 is 2.48 bits per heavy atom. The van der Waals surface area contributed by atoms with Crippen LogP contribution in [0.4, 0.5) is 0 Å². The van der Waals surface area contributed by atoms with Crippen LogP contribution in [0.2, 0.25) is 0 Å². The van der Waals surface area contributed by atoms with E-state index in [4.69, 9.17) is 4.74 Å². The summed E-state index contributed by atoms with van der Waals surface area (Å²) in [5.74, 6) is 1.70. The fourth-order valence-electron chi connectivity index (χ4n) is 2.17. The number of ether oxygens (including phenoxy) is 1. The average Bonchev–Trinajstić information content (AvgIpc) is 2.58. The fourth-order valence-corrected chi connectivity index (χ4v) is 2.17. The zero-order valence-electron chi connectivity index (χ0n) is 14.0. The highest BCUT2D eigenvalue weighted by atomic mass is 16.5. The first-order valence-corrected chi connectivity index (χ1v) is 7.90. The first-order valence-electron chi connectivity index (χ1n) is 7.90. The lowest BCUT2D eigenvalue weighted by Gasteiger charge is -2.15. The number of hydrogen-bond acceptors (Lipinski definition) is 2. The molecule has 23 heavy (non-hydrogen) atoms. The second-order valence-corrected chi connectivity index (χ2v) is 5.65. The monoisotopic (exact) mass is 311 g/mol. The second-order valence-electron chi connectivity index (χ2n) is 5.65. The number of benzene rings is 2. The highest BCUT2D eigenvalue weighted by molar-refractivity contribution is 5.79.